The van der Waals surface area contributed by atoms with Crippen LogP contribution in [0.15, 0.2) is 24.3 Å². The summed E-state index contributed by atoms with van der Waals surface area (Å²) >= 11 is 0. The molecule has 0 spiro atoms. The van der Waals surface area contributed by atoms with E-state index in [2.05, 4.69) is 45.1 Å². The van der Waals surface area contributed by atoms with Crippen LogP contribution >= 0.6 is 0 Å². The quantitative estimate of drug-likeness (QED) is 0.0261. The van der Waals surface area contributed by atoms with E-state index in [1.165, 1.54) is 315 Å². The lowest BCUT2D eigenvalue weighted by Gasteiger charge is -2.18. The molecule has 0 saturated heterocycles. The van der Waals surface area contributed by atoms with Gasteiger partial charge in [-0.05, 0) is 70.6 Å². The van der Waals surface area contributed by atoms with Gasteiger partial charge >= 0.3 is 17.9 Å². The summed E-state index contributed by atoms with van der Waals surface area (Å²) in [5.74, 6) is -0.850. The van der Waals surface area contributed by atoms with Crippen molar-refractivity contribution in [2.24, 2.45) is 0 Å². The summed E-state index contributed by atoms with van der Waals surface area (Å²) in [4.78, 5) is 38.4. The number of ether oxygens (including phenoxy) is 3. The molecular formula is C75H142O6. The fourth-order valence-corrected chi connectivity index (χ4v) is 11.4. The van der Waals surface area contributed by atoms with Crippen molar-refractivity contribution in [3.63, 3.8) is 0 Å². The third-order valence-electron chi connectivity index (χ3n) is 16.9. The number of carbonyl (C=O) groups is 3. The summed E-state index contributed by atoms with van der Waals surface area (Å²) in [6, 6.07) is 0. The van der Waals surface area contributed by atoms with Crippen LogP contribution in [-0.2, 0) is 28.6 Å². The maximum absolute atomic E-state index is 12.9. The predicted molar refractivity (Wildman–Crippen MR) is 353 cm³/mol. The minimum atomic E-state index is -0.774. The molecule has 0 aliphatic carbocycles. The van der Waals surface area contributed by atoms with Crippen LogP contribution in [0, 0.1) is 0 Å². The molecule has 0 fully saturated rings. The van der Waals surface area contributed by atoms with Crippen LogP contribution in [0.1, 0.15) is 419 Å². The number of allylic oxidation sites excluding steroid dienone is 4. The molecule has 6 nitrogen and oxygen atoms in total. The first-order valence-electron chi connectivity index (χ1n) is 36.8. The van der Waals surface area contributed by atoms with E-state index in [0.717, 1.165) is 64.2 Å². The van der Waals surface area contributed by atoms with Crippen molar-refractivity contribution >= 4 is 17.9 Å². The Labute approximate surface area is 506 Å². The highest BCUT2D eigenvalue weighted by atomic mass is 16.6. The lowest BCUT2D eigenvalue weighted by Crippen LogP contribution is -2.30. The number of rotatable bonds is 69. The van der Waals surface area contributed by atoms with Gasteiger partial charge in [-0.15, -0.1) is 0 Å². The SMILES string of the molecule is CCCCCC/C=C\CCCCCCCC(=O)OCC(COC(=O)CCCCCCCCCCCCCCCCCCCCCCCCCCCCCCCCC)OC(=O)CCCCCCCCCCC/C=C\CCCCCCCC. The molecule has 0 aliphatic heterocycles. The monoisotopic (exact) mass is 1140 g/mol. The fraction of sp³-hybridized carbons (Fsp3) is 0.907. The van der Waals surface area contributed by atoms with Crippen LogP contribution in [0.25, 0.3) is 0 Å². The van der Waals surface area contributed by atoms with Gasteiger partial charge in [0.15, 0.2) is 6.10 Å². The second-order valence-electron chi connectivity index (χ2n) is 25.2. The van der Waals surface area contributed by atoms with Gasteiger partial charge in [-0.25, -0.2) is 0 Å². The molecule has 0 rings (SSSR count). The minimum Gasteiger partial charge on any atom is -0.462 e. The number of esters is 3. The molecule has 0 aromatic rings. The van der Waals surface area contributed by atoms with Crippen LogP contribution in [0.4, 0.5) is 0 Å². The van der Waals surface area contributed by atoms with Crippen LogP contribution in [0.2, 0.25) is 0 Å². The molecular weight excluding hydrogens is 997 g/mol. The normalized spacial score (nSPS) is 12.1. The van der Waals surface area contributed by atoms with Crippen molar-refractivity contribution in [3.8, 4) is 0 Å². The van der Waals surface area contributed by atoms with Gasteiger partial charge in [-0.1, -0.05) is 353 Å². The highest BCUT2D eigenvalue weighted by Crippen LogP contribution is 2.19. The van der Waals surface area contributed by atoms with Crippen molar-refractivity contribution < 1.29 is 28.6 Å². The average molecular weight is 1140 g/mol. The Bertz CT molecular complexity index is 1310. The van der Waals surface area contributed by atoms with E-state index in [1.54, 1.807) is 0 Å². The first-order chi connectivity index (χ1) is 40.0. The third-order valence-corrected chi connectivity index (χ3v) is 16.9. The fourth-order valence-electron chi connectivity index (χ4n) is 11.4. The van der Waals surface area contributed by atoms with Crippen molar-refractivity contribution in [1.29, 1.82) is 0 Å². The lowest BCUT2D eigenvalue weighted by molar-refractivity contribution is -0.167. The van der Waals surface area contributed by atoms with Gasteiger partial charge < -0.3 is 14.2 Å². The summed E-state index contributed by atoms with van der Waals surface area (Å²) in [5, 5.41) is 0. The Hall–Kier alpha value is -2.11. The molecule has 0 N–H and O–H groups in total. The standard InChI is InChI=1S/C75H142O6/c1-4-7-10-13-16-19-22-25-27-29-31-32-33-34-35-36-37-38-39-40-41-42-44-45-47-50-53-56-59-62-65-68-74(77)80-71-72(70-79-73(76)67-64-61-58-55-52-49-24-21-18-15-12-9-6-3)81-75(78)69-66-63-60-57-54-51-48-46-43-30-28-26-23-20-17-14-11-8-5-2/h21,24,26,28,72H,4-20,22-23,25,27,29-71H2,1-3H3/b24-21-,28-26-. The molecule has 478 valence electrons. The van der Waals surface area contributed by atoms with E-state index < -0.39 is 6.10 Å². The number of hydrogen-bond acceptors (Lipinski definition) is 6. The van der Waals surface area contributed by atoms with Gasteiger partial charge in [0.05, 0.1) is 0 Å². The number of hydrogen-bond donors (Lipinski definition) is 0. The van der Waals surface area contributed by atoms with E-state index in [9.17, 15) is 14.4 Å². The largest absolute Gasteiger partial charge is 0.462 e. The number of carbonyl (C=O) groups excluding carboxylic acids is 3. The van der Waals surface area contributed by atoms with Gasteiger partial charge in [0, 0.05) is 19.3 Å². The van der Waals surface area contributed by atoms with Crippen molar-refractivity contribution in [3.05, 3.63) is 24.3 Å². The van der Waals surface area contributed by atoms with Gasteiger partial charge in [0.1, 0.15) is 13.2 Å². The molecule has 81 heavy (non-hydrogen) atoms. The van der Waals surface area contributed by atoms with Crippen molar-refractivity contribution in [2.75, 3.05) is 13.2 Å². The van der Waals surface area contributed by atoms with Gasteiger partial charge in [-0.2, -0.15) is 0 Å². The van der Waals surface area contributed by atoms with Gasteiger partial charge in [0.25, 0.3) is 0 Å². The molecule has 0 aromatic heterocycles. The minimum absolute atomic E-state index is 0.0693. The lowest BCUT2D eigenvalue weighted by atomic mass is 10.0. The van der Waals surface area contributed by atoms with Crippen LogP contribution in [0.5, 0.6) is 0 Å². The highest BCUT2D eigenvalue weighted by molar-refractivity contribution is 5.71. The van der Waals surface area contributed by atoms with E-state index >= 15 is 0 Å². The van der Waals surface area contributed by atoms with Crippen molar-refractivity contribution in [1.82, 2.24) is 0 Å². The molecule has 0 heterocycles. The van der Waals surface area contributed by atoms with Gasteiger partial charge in [-0.3, -0.25) is 14.4 Å². The Balaban J connectivity index is 4.13. The Morgan fingerprint density at radius 3 is 0.630 bits per heavy atom. The number of unbranched alkanes of at least 4 members (excludes halogenated alkanes) is 54. The topological polar surface area (TPSA) is 78.9 Å². The van der Waals surface area contributed by atoms with E-state index in [0.29, 0.717) is 19.3 Å². The molecule has 0 aromatic carbocycles. The van der Waals surface area contributed by atoms with Crippen LogP contribution in [0.3, 0.4) is 0 Å². The Morgan fingerprint density at radius 1 is 0.235 bits per heavy atom. The molecule has 1 unspecified atom stereocenters. The average Bonchev–Trinajstić information content (AvgIpc) is 3.46. The maximum atomic E-state index is 12.9. The van der Waals surface area contributed by atoms with E-state index in [-0.39, 0.29) is 31.1 Å². The summed E-state index contributed by atoms with van der Waals surface area (Å²) < 4.78 is 17.0. The zero-order chi connectivity index (χ0) is 58.5. The molecule has 1 atom stereocenters. The second-order valence-corrected chi connectivity index (χ2v) is 25.2. The van der Waals surface area contributed by atoms with Gasteiger partial charge in [0.2, 0.25) is 0 Å². The highest BCUT2D eigenvalue weighted by Gasteiger charge is 2.19. The zero-order valence-electron chi connectivity index (χ0n) is 55.1. The molecule has 0 bridgehead atoms. The van der Waals surface area contributed by atoms with E-state index in [1.807, 2.05) is 0 Å². The van der Waals surface area contributed by atoms with E-state index in [4.69, 9.17) is 14.2 Å². The summed E-state index contributed by atoms with van der Waals surface area (Å²) in [7, 11) is 0. The predicted octanol–water partition coefficient (Wildman–Crippen LogP) is 25.3. The molecule has 0 radical (unpaired) electrons. The summed E-state index contributed by atoms with van der Waals surface area (Å²) in [6.07, 6.45) is 86.6. The third kappa shape index (κ3) is 68.6. The zero-order valence-corrected chi connectivity index (χ0v) is 55.1. The molecule has 0 saturated carbocycles. The molecule has 0 amide bonds. The molecule has 0 aliphatic rings. The smallest absolute Gasteiger partial charge is 0.306 e. The van der Waals surface area contributed by atoms with Crippen LogP contribution < -0.4 is 0 Å². The summed E-state index contributed by atoms with van der Waals surface area (Å²) in [5.41, 5.74) is 0. The second kappa shape index (κ2) is 70.4. The Kier molecular flexibility index (Phi) is 68.5. The first kappa shape index (κ1) is 78.9. The Morgan fingerprint density at radius 2 is 0.407 bits per heavy atom. The van der Waals surface area contributed by atoms with Crippen LogP contribution in [-0.4, -0.2) is 37.2 Å². The summed E-state index contributed by atoms with van der Waals surface area (Å²) in [6.45, 7) is 6.69. The molecule has 6 heteroatoms. The maximum Gasteiger partial charge on any atom is 0.306 e. The first-order valence-corrected chi connectivity index (χ1v) is 36.8. The van der Waals surface area contributed by atoms with Crippen molar-refractivity contribution in [2.45, 2.75) is 425 Å².